The summed E-state index contributed by atoms with van der Waals surface area (Å²) in [5.41, 5.74) is 1.56. The van der Waals surface area contributed by atoms with Gasteiger partial charge in [0, 0.05) is 18.1 Å². The average molecular weight is 441 g/mol. The van der Waals surface area contributed by atoms with E-state index in [-0.39, 0.29) is 29.1 Å². The topological polar surface area (TPSA) is 110 Å². The van der Waals surface area contributed by atoms with Crippen LogP contribution in [0.1, 0.15) is 29.8 Å². The molecule has 3 rings (SSSR count). The molecule has 1 aromatic carbocycles. The molecule has 0 saturated carbocycles. The molecule has 0 spiro atoms. The number of hydrogen-bond acceptors (Lipinski definition) is 5. The molecule has 0 bridgehead atoms. The molecular weight excluding hydrogens is 416 g/mol. The number of benzene rings is 1. The lowest BCUT2D eigenvalue weighted by atomic mass is 10.1. The number of aromatic nitrogens is 2. The highest BCUT2D eigenvalue weighted by molar-refractivity contribution is 7.92. The number of pyridine rings is 2. The van der Waals surface area contributed by atoms with Crippen molar-refractivity contribution in [1.82, 2.24) is 14.9 Å². The number of sulfonamides is 1. The van der Waals surface area contributed by atoms with Gasteiger partial charge in [0.05, 0.1) is 10.9 Å². The van der Waals surface area contributed by atoms with E-state index in [0.29, 0.717) is 5.69 Å². The molecule has 9 heteroatoms. The number of nitrogens with one attached hydrogen (secondary N) is 2. The molecule has 0 aliphatic carbocycles. The molecule has 3 aromatic rings. The van der Waals surface area contributed by atoms with Gasteiger partial charge in [-0.05, 0) is 56.7 Å². The highest BCUT2D eigenvalue weighted by Gasteiger charge is 2.18. The number of rotatable bonds is 7. The third-order valence-corrected chi connectivity index (χ3v) is 6.21. The van der Waals surface area contributed by atoms with Crippen molar-refractivity contribution >= 4 is 21.6 Å². The van der Waals surface area contributed by atoms with Gasteiger partial charge in [-0.1, -0.05) is 23.8 Å². The van der Waals surface area contributed by atoms with Crippen LogP contribution in [0.2, 0.25) is 0 Å². The summed E-state index contributed by atoms with van der Waals surface area (Å²) in [5, 5.41) is 2.82. The van der Waals surface area contributed by atoms with E-state index >= 15 is 0 Å². The van der Waals surface area contributed by atoms with E-state index in [1.54, 1.807) is 43.6 Å². The Labute approximate surface area is 181 Å². The molecule has 0 radical (unpaired) electrons. The Morgan fingerprint density at radius 1 is 1.10 bits per heavy atom. The number of amides is 1. The molecule has 2 heterocycles. The molecule has 0 aliphatic heterocycles. The number of anilines is 1. The molecular formula is C22H24N4O4S. The summed E-state index contributed by atoms with van der Waals surface area (Å²) >= 11 is 0. The van der Waals surface area contributed by atoms with E-state index in [9.17, 15) is 18.0 Å². The standard InChI is InChI=1S/C22H24N4O4S/c1-15-6-9-19(10-7-15)31(29,30)25-20-11-8-16(2)26(22(20)28)14-21(27)24-17(3)18-5-4-12-23-13-18/h4-13,17,25H,14H2,1-3H3,(H,24,27)/t17-/m1/s1. The quantitative estimate of drug-likeness (QED) is 0.587. The number of carbonyl (C=O) groups is 1. The molecule has 2 aromatic heterocycles. The number of nitrogens with zero attached hydrogens (tertiary/aromatic N) is 2. The zero-order chi connectivity index (χ0) is 22.6. The highest BCUT2D eigenvalue weighted by Crippen LogP contribution is 2.15. The lowest BCUT2D eigenvalue weighted by Gasteiger charge is -2.16. The van der Waals surface area contributed by atoms with Gasteiger partial charge in [0.2, 0.25) is 5.91 Å². The summed E-state index contributed by atoms with van der Waals surface area (Å²) in [6, 6.07) is 12.6. The molecule has 0 aliphatic rings. The van der Waals surface area contributed by atoms with E-state index in [1.165, 1.54) is 22.8 Å². The van der Waals surface area contributed by atoms with Crippen LogP contribution in [-0.4, -0.2) is 23.9 Å². The van der Waals surface area contributed by atoms with E-state index in [0.717, 1.165) is 11.1 Å². The van der Waals surface area contributed by atoms with Crippen LogP contribution >= 0.6 is 0 Å². The normalized spacial score (nSPS) is 12.2. The second-order valence-electron chi connectivity index (χ2n) is 7.27. The van der Waals surface area contributed by atoms with E-state index in [2.05, 4.69) is 15.0 Å². The average Bonchev–Trinajstić information content (AvgIpc) is 2.74. The fourth-order valence-corrected chi connectivity index (χ4v) is 4.07. The van der Waals surface area contributed by atoms with Crippen molar-refractivity contribution in [3.63, 3.8) is 0 Å². The monoisotopic (exact) mass is 440 g/mol. The summed E-state index contributed by atoms with van der Waals surface area (Å²) in [6.07, 6.45) is 3.30. The third-order valence-electron chi connectivity index (χ3n) is 4.83. The summed E-state index contributed by atoms with van der Waals surface area (Å²) in [4.78, 5) is 29.5. The van der Waals surface area contributed by atoms with Crippen LogP contribution in [-0.2, 0) is 21.4 Å². The molecule has 0 saturated heterocycles. The predicted octanol–water partition coefficient (Wildman–Crippen LogP) is 2.54. The molecule has 162 valence electrons. The Kier molecular flexibility index (Phi) is 6.55. The van der Waals surface area contributed by atoms with Crippen LogP contribution in [0.3, 0.4) is 0 Å². The number of hydrogen-bond donors (Lipinski definition) is 2. The van der Waals surface area contributed by atoms with E-state index < -0.39 is 15.6 Å². The smallest absolute Gasteiger partial charge is 0.275 e. The van der Waals surface area contributed by atoms with Gasteiger partial charge in [-0.2, -0.15) is 0 Å². The van der Waals surface area contributed by atoms with Gasteiger partial charge in [-0.3, -0.25) is 19.3 Å². The van der Waals surface area contributed by atoms with Gasteiger partial charge in [0.25, 0.3) is 15.6 Å². The molecule has 1 atom stereocenters. The van der Waals surface area contributed by atoms with Gasteiger partial charge >= 0.3 is 0 Å². The molecule has 0 fully saturated rings. The first-order chi connectivity index (χ1) is 14.7. The number of carbonyl (C=O) groups excluding carboxylic acids is 1. The zero-order valence-corrected chi connectivity index (χ0v) is 18.3. The van der Waals surface area contributed by atoms with Crippen LogP contribution in [0, 0.1) is 13.8 Å². The van der Waals surface area contributed by atoms with Crippen molar-refractivity contribution in [3.05, 3.63) is 88.1 Å². The molecule has 0 unspecified atom stereocenters. The second-order valence-corrected chi connectivity index (χ2v) is 8.96. The van der Waals surface area contributed by atoms with E-state index in [4.69, 9.17) is 0 Å². The fourth-order valence-electron chi connectivity index (χ4n) is 3.01. The minimum absolute atomic E-state index is 0.0488. The Morgan fingerprint density at radius 3 is 2.45 bits per heavy atom. The van der Waals surface area contributed by atoms with Crippen molar-refractivity contribution in [3.8, 4) is 0 Å². The van der Waals surface area contributed by atoms with Gasteiger partial charge in [-0.15, -0.1) is 0 Å². The molecule has 31 heavy (non-hydrogen) atoms. The SMILES string of the molecule is Cc1ccc(S(=O)(=O)Nc2ccc(C)n(CC(=O)N[C@H](C)c3cccnc3)c2=O)cc1. The van der Waals surface area contributed by atoms with E-state index in [1.807, 2.05) is 19.9 Å². The summed E-state index contributed by atoms with van der Waals surface area (Å²) in [6.45, 7) is 5.10. The van der Waals surface area contributed by atoms with Crippen molar-refractivity contribution in [2.45, 2.75) is 38.3 Å². The minimum Gasteiger partial charge on any atom is -0.348 e. The second kappa shape index (κ2) is 9.13. The van der Waals surface area contributed by atoms with Crippen molar-refractivity contribution < 1.29 is 13.2 Å². The van der Waals surface area contributed by atoms with Gasteiger partial charge in [0.15, 0.2) is 0 Å². The summed E-state index contributed by atoms with van der Waals surface area (Å²) in [5.74, 6) is -0.375. The molecule has 2 N–H and O–H groups in total. The lowest BCUT2D eigenvalue weighted by Crippen LogP contribution is -2.35. The maximum Gasteiger partial charge on any atom is 0.275 e. The van der Waals surface area contributed by atoms with Crippen LogP contribution in [0.25, 0.3) is 0 Å². The lowest BCUT2D eigenvalue weighted by molar-refractivity contribution is -0.122. The Hall–Kier alpha value is -3.46. The zero-order valence-electron chi connectivity index (χ0n) is 17.5. The third kappa shape index (κ3) is 5.37. The predicted molar refractivity (Wildman–Crippen MR) is 118 cm³/mol. The highest BCUT2D eigenvalue weighted by atomic mass is 32.2. The van der Waals surface area contributed by atoms with Gasteiger partial charge in [-0.25, -0.2) is 8.42 Å². The van der Waals surface area contributed by atoms with Gasteiger partial charge < -0.3 is 9.88 Å². The first-order valence-electron chi connectivity index (χ1n) is 9.66. The summed E-state index contributed by atoms with van der Waals surface area (Å²) < 4.78 is 28.8. The van der Waals surface area contributed by atoms with Crippen LogP contribution < -0.4 is 15.6 Å². The van der Waals surface area contributed by atoms with Crippen LogP contribution in [0.5, 0.6) is 0 Å². The minimum atomic E-state index is -3.94. The first kappa shape index (κ1) is 22.2. The Balaban J connectivity index is 1.80. The van der Waals surface area contributed by atoms with Gasteiger partial charge in [0.1, 0.15) is 12.2 Å². The largest absolute Gasteiger partial charge is 0.348 e. The van der Waals surface area contributed by atoms with Crippen molar-refractivity contribution in [1.29, 1.82) is 0 Å². The first-order valence-corrected chi connectivity index (χ1v) is 11.1. The van der Waals surface area contributed by atoms with Crippen molar-refractivity contribution in [2.24, 2.45) is 0 Å². The van der Waals surface area contributed by atoms with Crippen LogP contribution in [0.15, 0.2) is 70.6 Å². The fraction of sp³-hybridized carbons (Fsp3) is 0.227. The number of aryl methyl sites for hydroxylation is 2. The Morgan fingerprint density at radius 2 is 1.81 bits per heavy atom. The molecule has 8 nitrogen and oxygen atoms in total. The Bertz CT molecular complexity index is 1240. The summed E-state index contributed by atoms with van der Waals surface area (Å²) in [7, 11) is -3.94. The maximum absolute atomic E-state index is 12.9. The van der Waals surface area contributed by atoms with Crippen LogP contribution in [0.4, 0.5) is 5.69 Å². The maximum atomic E-state index is 12.9. The molecule has 1 amide bonds. The van der Waals surface area contributed by atoms with Crippen molar-refractivity contribution in [2.75, 3.05) is 4.72 Å².